The molecular weight excluding hydrogens is 356 g/mol. The predicted molar refractivity (Wildman–Crippen MR) is 118 cm³/mol. The Morgan fingerprint density at radius 3 is 2.21 bits per heavy atom. The Kier molecular flexibility index (Phi) is 4.60. The van der Waals surface area contributed by atoms with Crippen LogP contribution in [0.4, 0.5) is 0 Å². The van der Waals surface area contributed by atoms with Gasteiger partial charge in [-0.15, -0.1) is 0 Å². The third-order valence-electron chi connectivity index (χ3n) is 5.68. The smallest absolute Gasteiger partial charge is 0.163 e. The second kappa shape index (κ2) is 6.87. The summed E-state index contributed by atoms with van der Waals surface area (Å²) >= 11 is 0. The minimum Gasteiger partial charge on any atom is -0.360 e. The third kappa shape index (κ3) is 3.48. The number of ketones is 1. The van der Waals surface area contributed by atoms with E-state index >= 15 is 0 Å². The van der Waals surface area contributed by atoms with Gasteiger partial charge in [0.05, 0.1) is 11.2 Å². The molecule has 0 amide bonds. The molecule has 0 aliphatic carbocycles. The summed E-state index contributed by atoms with van der Waals surface area (Å²) in [5.74, 6) is 6.65. The molecule has 0 radical (unpaired) electrons. The molecule has 0 atom stereocenters. The maximum absolute atomic E-state index is 12.7. The highest BCUT2D eigenvalue weighted by atomic mass is 16.5. The normalized spacial score (nSPS) is 16.2. The van der Waals surface area contributed by atoms with Crippen molar-refractivity contribution in [2.75, 3.05) is 0 Å². The lowest BCUT2D eigenvalue weighted by Gasteiger charge is -2.24. The van der Waals surface area contributed by atoms with E-state index in [9.17, 15) is 4.79 Å². The van der Waals surface area contributed by atoms with Crippen molar-refractivity contribution in [3.05, 3.63) is 82.4 Å². The molecule has 0 saturated heterocycles. The van der Waals surface area contributed by atoms with Crippen LogP contribution in [0.25, 0.3) is 10.8 Å². The molecule has 0 saturated carbocycles. The molecular formula is C27H26O2. The summed E-state index contributed by atoms with van der Waals surface area (Å²) in [5.41, 5.74) is 3.76. The molecule has 4 rings (SSSR count). The Balaban J connectivity index is 1.85. The van der Waals surface area contributed by atoms with Gasteiger partial charge < -0.3 is 4.74 Å². The van der Waals surface area contributed by atoms with Gasteiger partial charge in [-0.05, 0) is 73.9 Å². The van der Waals surface area contributed by atoms with Crippen LogP contribution in [-0.4, -0.2) is 5.78 Å². The first-order valence-electron chi connectivity index (χ1n) is 10.1. The van der Waals surface area contributed by atoms with Crippen LogP contribution >= 0.6 is 0 Å². The summed E-state index contributed by atoms with van der Waals surface area (Å²) in [5, 5.41) is 2.35. The van der Waals surface area contributed by atoms with Gasteiger partial charge in [-0.25, -0.2) is 0 Å². The molecule has 146 valence electrons. The maximum atomic E-state index is 12.7. The largest absolute Gasteiger partial charge is 0.360 e. The molecule has 1 heterocycles. The molecule has 0 spiro atoms. The second-order valence-electron chi connectivity index (χ2n) is 8.65. The van der Waals surface area contributed by atoms with E-state index in [1.165, 1.54) is 5.39 Å². The zero-order chi connectivity index (χ0) is 20.8. The molecule has 0 bridgehead atoms. The van der Waals surface area contributed by atoms with Crippen molar-refractivity contribution in [2.45, 2.75) is 52.2 Å². The molecule has 0 N–H and O–H groups in total. The van der Waals surface area contributed by atoms with Gasteiger partial charge in [-0.2, -0.15) is 0 Å². The summed E-state index contributed by atoms with van der Waals surface area (Å²) in [6.07, 6.45) is 0.452. The van der Waals surface area contributed by atoms with Crippen LogP contribution < -0.4 is 0 Å². The first kappa shape index (κ1) is 19.4. The van der Waals surface area contributed by atoms with Gasteiger partial charge in [0.2, 0.25) is 0 Å². The molecule has 1 aliphatic heterocycles. The fraction of sp³-hybridized carbons (Fsp3) is 0.296. The monoisotopic (exact) mass is 382 g/mol. The molecule has 0 fully saturated rings. The van der Waals surface area contributed by atoms with E-state index in [0.29, 0.717) is 12.0 Å². The SMILES string of the molecule is CCC(=O)c1cc2c(cc1C#Cc1ccc3ccccc3c1)C(C)(C)OC2(C)C. The first-order valence-corrected chi connectivity index (χ1v) is 10.1. The Hall–Kier alpha value is -2.89. The van der Waals surface area contributed by atoms with Crippen LogP contribution in [0.15, 0.2) is 54.6 Å². The third-order valence-corrected chi connectivity index (χ3v) is 5.68. The topological polar surface area (TPSA) is 26.3 Å². The van der Waals surface area contributed by atoms with Gasteiger partial charge in [0.25, 0.3) is 0 Å². The zero-order valence-corrected chi connectivity index (χ0v) is 17.7. The van der Waals surface area contributed by atoms with Crippen LogP contribution in [0.3, 0.4) is 0 Å². The van der Waals surface area contributed by atoms with E-state index in [2.05, 4.69) is 69.9 Å². The van der Waals surface area contributed by atoms with Crippen molar-refractivity contribution in [3.8, 4) is 11.8 Å². The van der Waals surface area contributed by atoms with Crippen LogP contribution in [-0.2, 0) is 15.9 Å². The molecule has 29 heavy (non-hydrogen) atoms. The molecule has 0 aromatic heterocycles. The second-order valence-corrected chi connectivity index (χ2v) is 8.65. The Bertz CT molecular complexity index is 1190. The highest BCUT2D eigenvalue weighted by Gasteiger charge is 2.43. The predicted octanol–water partition coefficient (Wildman–Crippen LogP) is 6.33. The minimum atomic E-state index is -0.425. The van der Waals surface area contributed by atoms with E-state index in [4.69, 9.17) is 4.74 Å². The highest BCUT2D eigenvalue weighted by Crippen LogP contribution is 2.47. The van der Waals surface area contributed by atoms with E-state index in [1.807, 2.05) is 31.2 Å². The van der Waals surface area contributed by atoms with Crippen molar-refractivity contribution in [1.82, 2.24) is 0 Å². The van der Waals surface area contributed by atoms with Crippen molar-refractivity contribution < 1.29 is 9.53 Å². The van der Waals surface area contributed by atoms with Crippen molar-refractivity contribution >= 4 is 16.6 Å². The Morgan fingerprint density at radius 2 is 1.52 bits per heavy atom. The van der Waals surface area contributed by atoms with Gasteiger partial charge >= 0.3 is 0 Å². The lowest BCUT2D eigenvalue weighted by molar-refractivity contribution is -0.105. The molecule has 3 aromatic carbocycles. The van der Waals surface area contributed by atoms with Crippen molar-refractivity contribution in [3.63, 3.8) is 0 Å². The highest BCUT2D eigenvalue weighted by molar-refractivity contribution is 5.99. The number of carbonyl (C=O) groups excluding carboxylic acids is 1. The van der Waals surface area contributed by atoms with Gasteiger partial charge in [-0.1, -0.05) is 49.1 Å². The molecule has 3 aromatic rings. The molecule has 2 heteroatoms. The average Bonchev–Trinajstić information content (AvgIpc) is 2.88. The Labute approximate surface area is 172 Å². The van der Waals surface area contributed by atoms with Crippen LogP contribution in [0.5, 0.6) is 0 Å². The summed E-state index contributed by atoms with van der Waals surface area (Å²) in [4.78, 5) is 12.7. The fourth-order valence-electron chi connectivity index (χ4n) is 4.27. The lowest BCUT2D eigenvalue weighted by Crippen LogP contribution is -2.22. The van der Waals surface area contributed by atoms with Gasteiger partial charge in [-0.3, -0.25) is 4.79 Å². The van der Waals surface area contributed by atoms with Crippen molar-refractivity contribution in [2.24, 2.45) is 0 Å². The quantitative estimate of drug-likeness (QED) is 0.382. The minimum absolute atomic E-state index is 0.108. The zero-order valence-electron chi connectivity index (χ0n) is 17.7. The van der Waals surface area contributed by atoms with Crippen LogP contribution in [0.1, 0.15) is 73.7 Å². The molecule has 0 unspecified atom stereocenters. The van der Waals surface area contributed by atoms with E-state index in [1.54, 1.807) is 0 Å². The maximum Gasteiger partial charge on any atom is 0.163 e. The van der Waals surface area contributed by atoms with Gasteiger partial charge in [0.1, 0.15) is 0 Å². The van der Waals surface area contributed by atoms with Crippen LogP contribution in [0.2, 0.25) is 0 Å². The summed E-state index contributed by atoms with van der Waals surface area (Å²) in [7, 11) is 0. The van der Waals surface area contributed by atoms with E-state index in [-0.39, 0.29) is 5.78 Å². The van der Waals surface area contributed by atoms with Gasteiger partial charge in [0.15, 0.2) is 5.78 Å². The number of ether oxygens (including phenoxy) is 1. The number of Topliss-reactive ketones (excluding diaryl/α,β-unsaturated/α-hetero) is 1. The lowest BCUT2D eigenvalue weighted by atomic mass is 9.85. The number of carbonyl (C=O) groups is 1. The number of benzene rings is 3. The Morgan fingerprint density at radius 1 is 0.862 bits per heavy atom. The van der Waals surface area contributed by atoms with Gasteiger partial charge in [0, 0.05) is 23.1 Å². The molecule has 2 nitrogen and oxygen atoms in total. The van der Waals surface area contributed by atoms with E-state index < -0.39 is 11.2 Å². The fourth-order valence-corrected chi connectivity index (χ4v) is 4.27. The first-order chi connectivity index (χ1) is 13.7. The summed E-state index contributed by atoms with van der Waals surface area (Å²) in [6.45, 7) is 10.1. The summed E-state index contributed by atoms with van der Waals surface area (Å²) in [6, 6.07) is 18.5. The number of hydrogen-bond donors (Lipinski definition) is 0. The number of hydrogen-bond acceptors (Lipinski definition) is 2. The van der Waals surface area contributed by atoms with Crippen molar-refractivity contribution in [1.29, 1.82) is 0 Å². The number of rotatable bonds is 2. The average molecular weight is 383 g/mol. The molecule has 1 aliphatic rings. The standard InChI is InChI=1S/C27H26O2/c1-6-25(28)22-17-24-23(26(2,3)29-27(24,4)5)16-21(22)14-12-18-11-13-19-9-7-8-10-20(19)15-18/h7-11,13,15-17H,6H2,1-5H3. The summed E-state index contributed by atoms with van der Waals surface area (Å²) < 4.78 is 6.28. The number of fused-ring (bicyclic) bond motifs is 2. The van der Waals surface area contributed by atoms with Crippen LogP contribution in [0, 0.1) is 11.8 Å². The van der Waals surface area contributed by atoms with E-state index in [0.717, 1.165) is 27.6 Å².